The highest BCUT2D eigenvalue weighted by molar-refractivity contribution is 7.89. The Balaban J connectivity index is 1.65. The molecule has 0 unspecified atom stereocenters. The van der Waals surface area contributed by atoms with Gasteiger partial charge in [-0.1, -0.05) is 12.1 Å². The molecule has 2 aromatic heterocycles. The van der Waals surface area contributed by atoms with Crippen LogP contribution in [0.25, 0.3) is 22.2 Å². The van der Waals surface area contributed by atoms with E-state index in [-0.39, 0.29) is 0 Å². The fourth-order valence-corrected chi connectivity index (χ4v) is 4.62. The van der Waals surface area contributed by atoms with Crippen LogP contribution >= 0.6 is 0 Å². The smallest absolute Gasteiger partial charge is 0.243 e. The van der Waals surface area contributed by atoms with Crippen molar-refractivity contribution in [3.63, 3.8) is 0 Å². The molecule has 7 heteroatoms. The second-order valence-corrected chi connectivity index (χ2v) is 8.27. The van der Waals surface area contributed by atoms with E-state index in [2.05, 4.69) is 14.9 Å². The van der Waals surface area contributed by atoms with Crippen molar-refractivity contribution in [2.45, 2.75) is 4.90 Å². The molecule has 1 N–H and O–H groups in total. The van der Waals surface area contributed by atoms with Gasteiger partial charge in [0.2, 0.25) is 10.0 Å². The van der Waals surface area contributed by atoms with E-state index >= 15 is 0 Å². The molecule has 0 atom stereocenters. The van der Waals surface area contributed by atoms with E-state index in [0.29, 0.717) is 18.0 Å². The fourth-order valence-electron chi connectivity index (χ4n) is 3.20. The zero-order valence-corrected chi connectivity index (χ0v) is 14.8. The first-order valence-electron chi connectivity index (χ1n) is 8.27. The topological polar surface area (TPSA) is 69.3 Å². The van der Waals surface area contributed by atoms with Crippen molar-refractivity contribution < 1.29 is 8.42 Å². The molecule has 3 aromatic rings. The van der Waals surface area contributed by atoms with Crippen molar-refractivity contribution in [3.05, 3.63) is 48.8 Å². The van der Waals surface area contributed by atoms with Crippen molar-refractivity contribution in [3.8, 4) is 11.1 Å². The first-order valence-corrected chi connectivity index (χ1v) is 9.71. The van der Waals surface area contributed by atoms with E-state index in [1.165, 1.54) is 0 Å². The first kappa shape index (κ1) is 16.3. The zero-order chi connectivity index (χ0) is 17.4. The maximum Gasteiger partial charge on any atom is 0.243 e. The molecule has 3 heterocycles. The number of nitrogens with one attached hydrogen (secondary N) is 1. The van der Waals surface area contributed by atoms with E-state index in [0.717, 1.165) is 35.2 Å². The van der Waals surface area contributed by atoms with Gasteiger partial charge < -0.3 is 9.88 Å². The summed E-state index contributed by atoms with van der Waals surface area (Å²) in [7, 11) is -1.42. The third-order valence-electron chi connectivity index (χ3n) is 4.73. The Hall–Kier alpha value is -2.22. The van der Waals surface area contributed by atoms with E-state index in [1.54, 1.807) is 22.6 Å². The fraction of sp³-hybridized carbons (Fsp3) is 0.278. The molecule has 0 saturated carbocycles. The lowest BCUT2D eigenvalue weighted by molar-refractivity contribution is 0.222. The summed E-state index contributed by atoms with van der Waals surface area (Å²) in [5.74, 6) is 0. The van der Waals surface area contributed by atoms with Gasteiger partial charge >= 0.3 is 0 Å². The second kappa shape index (κ2) is 6.25. The average Bonchev–Trinajstić information content (AvgIpc) is 3.11. The highest BCUT2D eigenvalue weighted by atomic mass is 32.2. The Bertz CT molecular complexity index is 987. The van der Waals surface area contributed by atoms with Crippen molar-refractivity contribution in [1.82, 2.24) is 19.2 Å². The Labute approximate surface area is 147 Å². The van der Waals surface area contributed by atoms with Gasteiger partial charge in [0.05, 0.1) is 4.90 Å². The van der Waals surface area contributed by atoms with Crippen molar-refractivity contribution in [2.24, 2.45) is 0 Å². The van der Waals surface area contributed by atoms with E-state index in [1.807, 2.05) is 37.5 Å². The molecule has 25 heavy (non-hydrogen) atoms. The van der Waals surface area contributed by atoms with E-state index in [4.69, 9.17) is 0 Å². The highest BCUT2D eigenvalue weighted by Gasteiger charge is 2.27. The lowest BCUT2D eigenvalue weighted by atomic mass is 10.0. The molecule has 0 bridgehead atoms. The summed E-state index contributed by atoms with van der Waals surface area (Å²) in [6, 6.07) is 11.0. The number of rotatable bonds is 3. The van der Waals surface area contributed by atoms with Crippen LogP contribution in [0.4, 0.5) is 0 Å². The molecule has 0 radical (unpaired) electrons. The number of sulfonamides is 1. The maximum atomic E-state index is 12.8. The summed E-state index contributed by atoms with van der Waals surface area (Å²) in [6.07, 6.45) is 3.61. The molecule has 1 aliphatic heterocycles. The zero-order valence-electron chi connectivity index (χ0n) is 14.0. The summed E-state index contributed by atoms with van der Waals surface area (Å²) in [5.41, 5.74) is 2.84. The molecular weight excluding hydrogens is 336 g/mol. The molecular formula is C18H20N4O2S. The minimum absolute atomic E-state index is 0.347. The third-order valence-corrected chi connectivity index (χ3v) is 6.64. The van der Waals surface area contributed by atoms with Crippen LogP contribution in [0.2, 0.25) is 0 Å². The SMILES string of the molecule is CN1CCN(S(=O)(=O)c2ccc(-c3ccnc4[nH]ccc34)cc2)CC1. The summed E-state index contributed by atoms with van der Waals surface area (Å²) in [5, 5.41) is 1.03. The number of piperazine rings is 1. The van der Waals surface area contributed by atoms with Crippen LogP contribution in [-0.2, 0) is 10.0 Å². The summed E-state index contributed by atoms with van der Waals surface area (Å²) >= 11 is 0. The van der Waals surface area contributed by atoms with Crippen molar-refractivity contribution >= 4 is 21.1 Å². The lowest BCUT2D eigenvalue weighted by Gasteiger charge is -2.31. The Morgan fingerprint density at radius 3 is 2.44 bits per heavy atom. The number of aromatic nitrogens is 2. The summed E-state index contributed by atoms with van der Waals surface area (Å²) < 4.78 is 27.2. The number of benzene rings is 1. The Morgan fingerprint density at radius 2 is 1.72 bits per heavy atom. The number of nitrogens with zero attached hydrogens (tertiary/aromatic N) is 3. The molecule has 6 nitrogen and oxygen atoms in total. The molecule has 1 aromatic carbocycles. The van der Waals surface area contributed by atoms with Crippen LogP contribution < -0.4 is 0 Å². The van der Waals surface area contributed by atoms with Crippen molar-refractivity contribution in [2.75, 3.05) is 33.2 Å². The van der Waals surface area contributed by atoms with Crippen LogP contribution in [-0.4, -0.2) is 60.8 Å². The molecule has 0 spiro atoms. The number of aromatic amines is 1. The minimum Gasteiger partial charge on any atom is -0.346 e. The van der Waals surface area contributed by atoms with Crippen LogP contribution in [0.1, 0.15) is 0 Å². The van der Waals surface area contributed by atoms with Gasteiger partial charge in [0, 0.05) is 44.0 Å². The molecule has 1 fully saturated rings. The van der Waals surface area contributed by atoms with Crippen LogP contribution in [0.15, 0.2) is 53.7 Å². The predicted molar refractivity (Wildman–Crippen MR) is 97.8 cm³/mol. The number of hydrogen-bond acceptors (Lipinski definition) is 4. The lowest BCUT2D eigenvalue weighted by Crippen LogP contribution is -2.46. The maximum absolute atomic E-state index is 12.8. The molecule has 4 rings (SSSR count). The van der Waals surface area contributed by atoms with Gasteiger partial charge in [-0.25, -0.2) is 13.4 Å². The Kier molecular flexibility index (Phi) is 4.07. The van der Waals surface area contributed by atoms with E-state index in [9.17, 15) is 8.42 Å². The summed E-state index contributed by atoms with van der Waals surface area (Å²) in [6.45, 7) is 2.60. The number of fused-ring (bicyclic) bond motifs is 1. The highest BCUT2D eigenvalue weighted by Crippen LogP contribution is 2.28. The van der Waals surface area contributed by atoms with E-state index < -0.39 is 10.0 Å². The quantitative estimate of drug-likeness (QED) is 0.781. The number of pyridine rings is 1. The second-order valence-electron chi connectivity index (χ2n) is 6.33. The standard InChI is InChI=1S/C18H20N4O2S/c1-21-10-12-22(13-11-21)25(23,24)15-4-2-14(3-5-15)16-6-8-19-18-17(16)7-9-20-18/h2-9H,10-13H2,1H3,(H,19,20). The van der Waals surface area contributed by atoms with Gasteiger partial charge in [-0.2, -0.15) is 4.31 Å². The van der Waals surface area contributed by atoms with Gasteiger partial charge in [-0.15, -0.1) is 0 Å². The van der Waals surface area contributed by atoms with Gasteiger partial charge in [-0.3, -0.25) is 0 Å². The largest absolute Gasteiger partial charge is 0.346 e. The number of likely N-dealkylation sites (N-methyl/N-ethyl adjacent to an activating group) is 1. The molecule has 0 amide bonds. The average molecular weight is 356 g/mol. The molecule has 130 valence electrons. The van der Waals surface area contributed by atoms with Gasteiger partial charge in [0.15, 0.2) is 0 Å². The van der Waals surface area contributed by atoms with Crippen LogP contribution in [0, 0.1) is 0 Å². The predicted octanol–water partition coefficient (Wildman–Crippen LogP) is 2.17. The van der Waals surface area contributed by atoms with Crippen molar-refractivity contribution in [1.29, 1.82) is 0 Å². The molecule has 1 aliphatic rings. The molecule has 0 aliphatic carbocycles. The van der Waals surface area contributed by atoms with Gasteiger partial charge in [0.1, 0.15) is 5.65 Å². The van der Waals surface area contributed by atoms with Crippen LogP contribution in [0.3, 0.4) is 0 Å². The normalized spacial score (nSPS) is 17.2. The number of H-pyrrole nitrogens is 1. The molecule has 1 saturated heterocycles. The third kappa shape index (κ3) is 2.95. The number of hydrogen-bond donors (Lipinski definition) is 1. The Morgan fingerprint density at radius 1 is 1.00 bits per heavy atom. The first-order chi connectivity index (χ1) is 12.1. The minimum atomic E-state index is -3.43. The van der Waals surface area contributed by atoms with Crippen LogP contribution in [0.5, 0.6) is 0 Å². The van der Waals surface area contributed by atoms with Gasteiger partial charge in [-0.05, 0) is 42.4 Å². The monoisotopic (exact) mass is 356 g/mol. The summed E-state index contributed by atoms with van der Waals surface area (Å²) in [4.78, 5) is 9.87. The van der Waals surface area contributed by atoms with Gasteiger partial charge in [0.25, 0.3) is 0 Å².